The Kier molecular flexibility index (Phi) is 6.98. The lowest BCUT2D eigenvalue weighted by Gasteiger charge is -2.25. The van der Waals surface area contributed by atoms with Gasteiger partial charge in [0, 0.05) is 18.7 Å². The van der Waals surface area contributed by atoms with Crippen LogP contribution in [0.2, 0.25) is 0 Å². The van der Waals surface area contributed by atoms with Gasteiger partial charge < -0.3 is 14.8 Å². The smallest absolute Gasteiger partial charge is 0.320 e. The summed E-state index contributed by atoms with van der Waals surface area (Å²) >= 11 is 0. The summed E-state index contributed by atoms with van der Waals surface area (Å²) in [5, 5.41) is 2.75. The lowest BCUT2D eigenvalue weighted by molar-refractivity contribution is -0.149. The molecule has 1 aromatic carbocycles. The number of benzene rings is 1. The summed E-state index contributed by atoms with van der Waals surface area (Å²) in [7, 11) is -1.43. The Labute approximate surface area is 153 Å². The first kappa shape index (κ1) is 20.2. The maximum absolute atomic E-state index is 12.0. The summed E-state index contributed by atoms with van der Waals surface area (Å²) in [5.74, 6) is -0.228. The van der Waals surface area contributed by atoms with E-state index >= 15 is 0 Å². The molecular formula is C17H24N2O6S. The van der Waals surface area contributed by atoms with E-state index in [4.69, 9.17) is 9.47 Å². The summed E-state index contributed by atoms with van der Waals surface area (Å²) in [4.78, 5) is 25.5. The number of amides is 1. The standard InChI is InChI=1S/C17H24N2O6S/c1-13(14-5-3-4-6-15(14)24-2)18-16(20)12-25-17(21)11-19-7-9-26(22,23)10-8-19/h3-6,13H,7-12H2,1-2H3,(H,18,20). The number of hydrogen-bond acceptors (Lipinski definition) is 7. The van der Waals surface area contributed by atoms with Crippen LogP contribution in [0.25, 0.3) is 0 Å². The van der Waals surface area contributed by atoms with Crippen molar-refractivity contribution < 1.29 is 27.5 Å². The molecule has 144 valence electrons. The Morgan fingerprint density at radius 3 is 2.54 bits per heavy atom. The molecule has 1 fully saturated rings. The molecule has 1 N–H and O–H groups in total. The van der Waals surface area contributed by atoms with Crippen molar-refractivity contribution in [3.05, 3.63) is 29.8 Å². The number of hydrogen-bond donors (Lipinski definition) is 1. The minimum absolute atomic E-state index is 0.0230. The molecule has 26 heavy (non-hydrogen) atoms. The first-order chi connectivity index (χ1) is 12.3. The van der Waals surface area contributed by atoms with E-state index in [0.717, 1.165) is 5.56 Å². The van der Waals surface area contributed by atoms with Gasteiger partial charge in [0.15, 0.2) is 16.4 Å². The molecule has 0 saturated carbocycles. The van der Waals surface area contributed by atoms with Crippen LogP contribution in [-0.4, -0.2) is 70.1 Å². The first-order valence-corrected chi connectivity index (χ1v) is 10.1. The van der Waals surface area contributed by atoms with Crippen LogP contribution in [0.3, 0.4) is 0 Å². The van der Waals surface area contributed by atoms with E-state index in [-0.39, 0.29) is 30.7 Å². The molecule has 1 atom stereocenters. The molecule has 1 saturated heterocycles. The monoisotopic (exact) mass is 384 g/mol. The van der Waals surface area contributed by atoms with Gasteiger partial charge in [-0.15, -0.1) is 0 Å². The largest absolute Gasteiger partial charge is 0.496 e. The molecule has 0 spiro atoms. The number of carbonyl (C=O) groups is 2. The number of ether oxygens (including phenoxy) is 2. The predicted octanol–water partition coefficient (Wildman–Crippen LogP) is 0.146. The highest BCUT2D eigenvalue weighted by molar-refractivity contribution is 7.91. The first-order valence-electron chi connectivity index (χ1n) is 8.31. The summed E-state index contributed by atoms with van der Waals surface area (Å²) in [5.41, 5.74) is 0.823. The Morgan fingerprint density at radius 1 is 1.23 bits per heavy atom. The SMILES string of the molecule is COc1ccccc1C(C)NC(=O)COC(=O)CN1CCS(=O)(=O)CC1. The second kappa shape index (κ2) is 9.00. The molecule has 1 unspecified atom stereocenters. The van der Waals surface area contributed by atoms with Crippen LogP contribution in [0.15, 0.2) is 24.3 Å². The second-order valence-corrected chi connectivity index (χ2v) is 8.42. The normalized spacial score (nSPS) is 17.9. The molecule has 1 aliphatic rings. The molecular weight excluding hydrogens is 360 g/mol. The molecule has 0 bridgehead atoms. The fourth-order valence-electron chi connectivity index (χ4n) is 2.67. The third kappa shape index (κ3) is 5.99. The van der Waals surface area contributed by atoms with Gasteiger partial charge in [0.25, 0.3) is 5.91 Å². The second-order valence-electron chi connectivity index (χ2n) is 6.12. The van der Waals surface area contributed by atoms with Crippen molar-refractivity contribution in [2.75, 3.05) is 44.9 Å². The minimum atomic E-state index is -2.99. The molecule has 1 amide bonds. The average molecular weight is 384 g/mol. The van der Waals surface area contributed by atoms with Crippen molar-refractivity contribution in [2.24, 2.45) is 0 Å². The zero-order chi connectivity index (χ0) is 19.2. The van der Waals surface area contributed by atoms with Crippen molar-refractivity contribution in [2.45, 2.75) is 13.0 Å². The maximum Gasteiger partial charge on any atom is 0.320 e. The number of nitrogens with one attached hydrogen (secondary N) is 1. The Bertz CT molecular complexity index is 735. The average Bonchev–Trinajstić information content (AvgIpc) is 2.61. The van der Waals surface area contributed by atoms with Gasteiger partial charge in [-0.05, 0) is 13.0 Å². The quantitative estimate of drug-likeness (QED) is 0.668. The van der Waals surface area contributed by atoms with Crippen LogP contribution in [-0.2, 0) is 24.2 Å². The highest BCUT2D eigenvalue weighted by Gasteiger charge is 2.23. The van der Waals surface area contributed by atoms with E-state index in [2.05, 4.69) is 5.32 Å². The topological polar surface area (TPSA) is 102 Å². The molecule has 0 aromatic heterocycles. The van der Waals surface area contributed by atoms with Crippen molar-refractivity contribution in [1.29, 1.82) is 0 Å². The molecule has 0 aliphatic carbocycles. The van der Waals surface area contributed by atoms with E-state index in [0.29, 0.717) is 18.8 Å². The van der Waals surface area contributed by atoms with Gasteiger partial charge in [0.2, 0.25) is 0 Å². The number of rotatable bonds is 7. The van der Waals surface area contributed by atoms with Gasteiger partial charge >= 0.3 is 5.97 Å². The number of esters is 1. The van der Waals surface area contributed by atoms with Crippen molar-refractivity contribution in [3.8, 4) is 5.75 Å². The third-order valence-electron chi connectivity index (χ3n) is 4.14. The van der Waals surface area contributed by atoms with Crippen molar-refractivity contribution >= 4 is 21.7 Å². The Hall–Kier alpha value is -2.13. The minimum Gasteiger partial charge on any atom is -0.496 e. The van der Waals surface area contributed by atoms with Crippen LogP contribution in [0.1, 0.15) is 18.5 Å². The van der Waals surface area contributed by atoms with Gasteiger partial charge in [-0.2, -0.15) is 0 Å². The molecule has 1 aromatic rings. The zero-order valence-electron chi connectivity index (χ0n) is 14.9. The van der Waals surface area contributed by atoms with E-state index in [1.165, 1.54) is 0 Å². The van der Waals surface area contributed by atoms with Gasteiger partial charge in [-0.25, -0.2) is 8.42 Å². The van der Waals surface area contributed by atoms with Crippen LogP contribution in [0.5, 0.6) is 5.75 Å². The molecule has 1 heterocycles. The van der Waals surface area contributed by atoms with Gasteiger partial charge in [0.1, 0.15) is 5.75 Å². The summed E-state index contributed by atoms with van der Waals surface area (Å²) in [6.45, 7) is 2.00. The Balaban J connectivity index is 1.75. The molecule has 8 nitrogen and oxygen atoms in total. The van der Waals surface area contributed by atoms with E-state index in [1.54, 1.807) is 18.1 Å². The van der Waals surface area contributed by atoms with Crippen LogP contribution in [0.4, 0.5) is 0 Å². The highest BCUT2D eigenvalue weighted by atomic mass is 32.2. The number of methoxy groups -OCH3 is 1. The van der Waals surface area contributed by atoms with Crippen molar-refractivity contribution in [1.82, 2.24) is 10.2 Å². The van der Waals surface area contributed by atoms with Crippen LogP contribution in [0, 0.1) is 0 Å². The lowest BCUT2D eigenvalue weighted by atomic mass is 10.1. The summed E-state index contributed by atoms with van der Waals surface area (Å²) in [6, 6.07) is 7.03. The van der Waals surface area contributed by atoms with Gasteiger partial charge in [0.05, 0.1) is 31.2 Å². The number of nitrogens with zero attached hydrogens (tertiary/aromatic N) is 1. The summed E-state index contributed by atoms with van der Waals surface area (Å²) in [6.07, 6.45) is 0. The fraction of sp³-hybridized carbons (Fsp3) is 0.529. The van der Waals surface area contributed by atoms with Crippen LogP contribution < -0.4 is 10.1 Å². The van der Waals surface area contributed by atoms with E-state index < -0.39 is 21.7 Å². The predicted molar refractivity (Wildman–Crippen MR) is 95.6 cm³/mol. The van der Waals surface area contributed by atoms with Crippen LogP contribution >= 0.6 is 0 Å². The number of sulfone groups is 1. The maximum atomic E-state index is 12.0. The summed E-state index contributed by atoms with van der Waals surface area (Å²) < 4.78 is 33.0. The third-order valence-corrected chi connectivity index (χ3v) is 5.75. The molecule has 2 rings (SSSR count). The number of para-hydroxylation sites is 1. The lowest BCUT2D eigenvalue weighted by Crippen LogP contribution is -2.43. The Morgan fingerprint density at radius 2 is 1.88 bits per heavy atom. The molecule has 0 radical (unpaired) electrons. The molecule has 1 aliphatic heterocycles. The zero-order valence-corrected chi connectivity index (χ0v) is 15.8. The van der Waals surface area contributed by atoms with Gasteiger partial charge in [-0.3, -0.25) is 14.5 Å². The van der Waals surface area contributed by atoms with Gasteiger partial charge in [-0.1, -0.05) is 18.2 Å². The number of carbonyl (C=O) groups excluding carboxylic acids is 2. The van der Waals surface area contributed by atoms with E-state index in [9.17, 15) is 18.0 Å². The molecule has 9 heteroatoms. The van der Waals surface area contributed by atoms with E-state index in [1.807, 2.05) is 25.1 Å². The highest BCUT2D eigenvalue weighted by Crippen LogP contribution is 2.24. The fourth-order valence-corrected chi connectivity index (χ4v) is 3.94. The van der Waals surface area contributed by atoms with Crippen molar-refractivity contribution in [3.63, 3.8) is 0 Å².